The average Bonchev–Trinajstić information content (AvgIpc) is 3.32. The van der Waals surface area contributed by atoms with E-state index in [4.69, 9.17) is 9.47 Å². The molecule has 244 valence electrons. The molecule has 0 aliphatic carbocycles. The number of aromatic hydroxyl groups is 1. The summed E-state index contributed by atoms with van der Waals surface area (Å²) in [6.07, 6.45) is 3.31. The van der Waals surface area contributed by atoms with Gasteiger partial charge in [0.15, 0.2) is 0 Å². The largest absolute Gasteiger partial charge is 0.507 e. The van der Waals surface area contributed by atoms with Crippen LogP contribution in [0.5, 0.6) is 5.75 Å². The van der Waals surface area contributed by atoms with Gasteiger partial charge < -0.3 is 29.9 Å². The van der Waals surface area contributed by atoms with Crippen LogP contribution in [0, 0.1) is 34.2 Å². The minimum absolute atomic E-state index is 0.0161. The van der Waals surface area contributed by atoms with Crippen LogP contribution in [0.15, 0.2) is 6.07 Å². The van der Waals surface area contributed by atoms with Gasteiger partial charge in [-0.2, -0.15) is 0 Å². The Kier molecular flexibility index (Phi) is 12.2. The van der Waals surface area contributed by atoms with Crippen LogP contribution in [-0.4, -0.2) is 67.8 Å². The molecule has 0 unspecified atom stereocenters. The van der Waals surface area contributed by atoms with Crippen LogP contribution in [0.4, 0.5) is 0 Å². The maximum Gasteiger partial charge on any atom is 0.339 e. The average molecular weight is 717 g/mol. The predicted molar refractivity (Wildman–Crippen MR) is 174 cm³/mol. The number of rotatable bonds is 13. The summed E-state index contributed by atoms with van der Waals surface area (Å²) in [7, 11) is 0. The summed E-state index contributed by atoms with van der Waals surface area (Å²) in [5, 5.41) is 42.4. The molecule has 2 heterocycles. The van der Waals surface area contributed by atoms with Gasteiger partial charge in [-0.1, -0.05) is 41.5 Å². The number of ether oxygens (including phenoxy) is 2. The summed E-state index contributed by atoms with van der Waals surface area (Å²) >= 11 is 2.08. The Balaban J connectivity index is 1.71. The van der Waals surface area contributed by atoms with Crippen molar-refractivity contribution in [2.45, 2.75) is 142 Å². The number of aromatic carboxylic acids is 1. The van der Waals surface area contributed by atoms with Gasteiger partial charge in [0.25, 0.3) is 0 Å². The Bertz CT molecular complexity index is 1160. The second kappa shape index (κ2) is 14.4. The lowest BCUT2D eigenvalue weighted by Crippen LogP contribution is -2.55. The molecule has 0 spiro atoms. The molecular formula is C34H53IO8. The zero-order valence-corrected chi connectivity index (χ0v) is 29.3. The van der Waals surface area contributed by atoms with Crippen LogP contribution in [0.1, 0.15) is 115 Å². The second-order valence-corrected chi connectivity index (χ2v) is 14.5. The van der Waals surface area contributed by atoms with E-state index >= 15 is 0 Å². The Morgan fingerprint density at radius 2 is 1.81 bits per heavy atom. The Morgan fingerprint density at radius 1 is 1.16 bits per heavy atom. The molecule has 3 rings (SSSR count). The quantitative estimate of drug-likeness (QED) is 0.171. The van der Waals surface area contributed by atoms with Crippen molar-refractivity contribution in [1.29, 1.82) is 0 Å². The maximum absolute atomic E-state index is 13.9. The number of Topliss-reactive ketones (excluding diaryl/α,β-unsaturated/α-hetero) is 1. The van der Waals surface area contributed by atoms with E-state index in [0.717, 1.165) is 16.4 Å². The van der Waals surface area contributed by atoms with Crippen molar-refractivity contribution in [3.8, 4) is 5.75 Å². The molecular weight excluding hydrogens is 663 g/mol. The third-order valence-corrected chi connectivity index (χ3v) is 11.9. The topological polar surface area (TPSA) is 134 Å². The van der Waals surface area contributed by atoms with Gasteiger partial charge in [0.05, 0.1) is 35.6 Å². The summed E-state index contributed by atoms with van der Waals surface area (Å²) < 4.78 is 14.0. The van der Waals surface area contributed by atoms with Crippen molar-refractivity contribution in [3.05, 3.63) is 26.3 Å². The van der Waals surface area contributed by atoms with Crippen LogP contribution in [0.25, 0.3) is 0 Å². The molecule has 8 nitrogen and oxygen atoms in total. The lowest BCUT2D eigenvalue weighted by atomic mass is 9.76. The van der Waals surface area contributed by atoms with Crippen molar-refractivity contribution < 1.29 is 39.5 Å². The molecule has 1 aromatic rings. The van der Waals surface area contributed by atoms with Gasteiger partial charge in [-0.25, -0.2) is 4.79 Å². The normalized spacial score (nSPS) is 32.3. The van der Waals surface area contributed by atoms with E-state index in [1.54, 1.807) is 19.9 Å². The molecule has 4 N–H and O–H groups in total. The lowest BCUT2D eigenvalue weighted by molar-refractivity contribution is -0.229. The molecule has 0 amide bonds. The second-order valence-electron chi connectivity index (χ2n) is 13.3. The van der Waals surface area contributed by atoms with E-state index in [0.29, 0.717) is 49.7 Å². The lowest BCUT2D eigenvalue weighted by Gasteiger charge is -2.47. The molecule has 2 saturated heterocycles. The molecule has 2 aliphatic rings. The zero-order valence-electron chi connectivity index (χ0n) is 27.2. The number of hydrogen-bond acceptors (Lipinski definition) is 7. The summed E-state index contributed by atoms with van der Waals surface area (Å²) in [5.74, 6) is -2.56. The van der Waals surface area contributed by atoms with Crippen LogP contribution >= 0.6 is 22.6 Å². The van der Waals surface area contributed by atoms with Crippen molar-refractivity contribution in [2.24, 2.45) is 23.7 Å². The number of carboxylic acid groups (broad SMARTS) is 1. The van der Waals surface area contributed by atoms with Crippen LogP contribution in [0.3, 0.4) is 0 Å². The van der Waals surface area contributed by atoms with Gasteiger partial charge in [-0.05, 0) is 111 Å². The fraction of sp³-hybridized carbons (Fsp3) is 0.765. The first-order valence-corrected chi connectivity index (χ1v) is 17.2. The van der Waals surface area contributed by atoms with Gasteiger partial charge in [0, 0.05) is 21.0 Å². The zero-order chi connectivity index (χ0) is 32.4. The fourth-order valence-electron chi connectivity index (χ4n) is 7.48. The van der Waals surface area contributed by atoms with E-state index in [-0.39, 0.29) is 53.2 Å². The van der Waals surface area contributed by atoms with Crippen LogP contribution < -0.4 is 0 Å². The SMILES string of the molecule is CC[C@@H](C(=O)[C@@H](C)[C@@H](O)[C@H](C)CCc1cc(I)c(C)c(O)c1C(=O)O)[C@H]1O[C@](CC)([C@H]2CC[C@](O)(CC)[C@H](C)O2)C[C@@H]1C. The van der Waals surface area contributed by atoms with Crippen molar-refractivity contribution in [2.75, 3.05) is 0 Å². The number of halogens is 1. The number of aryl methyl sites for hydroxylation is 1. The first-order valence-electron chi connectivity index (χ1n) is 16.1. The molecule has 9 heteroatoms. The first kappa shape index (κ1) is 36.2. The van der Waals surface area contributed by atoms with Gasteiger partial charge in [-0.3, -0.25) is 4.79 Å². The summed E-state index contributed by atoms with van der Waals surface area (Å²) in [6, 6.07) is 1.78. The highest BCUT2D eigenvalue weighted by atomic mass is 127. The minimum atomic E-state index is -1.18. The first-order chi connectivity index (χ1) is 20.1. The van der Waals surface area contributed by atoms with Crippen molar-refractivity contribution in [3.63, 3.8) is 0 Å². The highest BCUT2D eigenvalue weighted by Crippen LogP contribution is 2.48. The van der Waals surface area contributed by atoms with E-state index in [1.165, 1.54) is 0 Å². The van der Waals surface area contributed by atoms with Crippen molar-refractivity contribution in [1.82, 2.24) is 0 Å². The summed E-state index contributed by atoms with van der Waals surface area (Å²) in [5.41, 5.74) is -0.397. The maximum atomic E-state index is 13.9. The number of ketones is 1. The van der Waals surface area contributed by atoms with Crippen molar-refractivity contribution >= 4 is 34.3 Å². The summed E-state index contributed by atoms with van der Waals surface area (Å²) in [6.45, 7) is 15.5. The van der Waals surface area contributed by atoms with Gasteiger partial charge >= 0.3 is 5.97 Å². The van der Waals surface area contributed by atoms with E-state index in [2.05, 4.69) is 36.4 Å². The smallest absolute Gasteiger partial charge is 0.339 e. The highest BCUT2D eigenvalue weighted by Gasteiger charge is 2.55. The van der Waals surface area contributed by atoms with Gasteiger partial charge in [0.2, 0.25) is 0 Å². The monoisotopic (exact) mass is 716 g/mol. The molecule has 0 bridgehead atoms. The number of carbonyl (C=O) groups is 2. The molecule has 2 fully saturated rings. The van der Waals surface area contributed by atoms with E-state index in [9.17, 15) is 30.0 Å². The molecule has 10 atom stereocenters. The Hall–Kier alpha value is -1.27. The van der Waals surface area contributed by atoms with E-state index < -0.39 is 29.2 Å². The fourth-order valence-corrected chi connectivity index (χ4v) is 8.12. The minimum Gasteiger partial charge on any atom is -0.507 e. The van der Waals surface area contributed by atoms with Gasteiger partial charge in [0.1, 0.15) is 17.1 Å². The van der Waals surface area contributed by atoms with E-state index in [1.807, 2.05) is 27.7 Å². The number of carboxylic acids is 1. The number of hydrogen-bond donors (Lipinski definition) is 4. The molecule has 0 saturated carbocycles. The number of phenols is 1. The third kappa shape index (κ3) is 7.26. The molecule has 2 aliphatic heterocycles. The Labute approximate surface area is 271 Å². The van der Waals surface area contributed by atoms with Crippen LogP contribution in [0.2, 0.25) is 0 Å². The highest BCUT2D eigenvalue weighted by molar-refractivity contribution is 14.1. The molecule has 0 aromatic heterocycles. The number of carbonyl (C=O) groups excluding carboxylic acids is 1. The standard InChI is InChI=1S/C34H53IO8/c1-9-24(31-19(5)17-34(11-3,43-31)26-14-15-33(41,10-2)22(8)42-26)29(37)21(7)28(36)18(4)12-13-23-16-25(35)20(6)30(38)27(23)32(39)40/h16,18-19,21-22,24,26,28,31,36,38,41H,9-15,17H2,1-8H3,(H,39,40)/t18-,19+,21+,22+,24+,26-,28+,31+,33-,34+/m1/s1. The number of aliphatic hydroxyl groups excluding tert-OH is 1. The molecule has 0 radical (unpaired) electrons. The van der Waals surface area contributed by atoms with Gasteiger partial charge in [-0.15, -0.1) is 0 Å². The molecule has 43 heavy (non-hydrogen) atoms. The Morgan fingerprint density at radius 3 is 2.35 bits per heavy atom. The number of aliphatic hydroxyl groups is 2. The summed E-state index contributed by atoms with van der Waals surface area (Å²) in [4.78, 5) is 25.8. The third-order valence-electron chi connectivity index (χ3n) is 10.8. The molecule has 1 aromatic carbocycles. The predicted octanol–water partition coefficient (Wildman–Crippen LogP) is 6.45. The van der Waals surface area contributed by atoms with Crippen LogP contribution in [-0.2, 0) is 20.7 Å². The number of benzene rings is 1.